The standard InChI is InChI=1S/C14H10FNO2S/c15-10-6-5-9(7-12(10)17)8-16-11-3-1-2-4-13(11)18-14(16)19/h1-7,17H,8H2. The molecule has 0 atom stereocenters. The molecule has 1 heterocycles. The molecular weight excluding hydrogens is 265 g/mol. The van der Waals surface area contributed by atoms with Crippen molar-refractivity contribution in [2.24, 2.45) is 0 Å². The van der Waals surface area contributed by atoms with Crippen LogP contribution in [0.5, 0.6) is 5.75 Å². The van der Waals surface area contributed by atoms with Crippen LogP contribution in [0.4, 0.5) is 4.39 Å². The summed E-state index contributed by atoms with van der Waals surface area (Å²) < 4.78 is 20.3. The average Bonchev–Trinajstić information content (AvgIpc) is 2.71. The van der Waals surface area contributed by atoms with Gasteiger partial charge in [0.15, 0.2) is 17.1 Å². The third-order valence-corrected chi connectivity index (χ3v) is 3.23. The van der Waals surface area contributed by atoms with Crippen molar-refractivity contribution < 1.29 is 13.9 Å². The summed E-state index contributed by atoms with van der Waals surface area (Å²) in [6, 6.07) is 11.7. The van der Waals surface area contributed by atoms with E-state index >= 15 is 0 Å². The topological polar surface area (TPSA) is 38.3 Å². The van der Waals surface area contributed by atoms with E-state index in [2.05, 4.69) is 0 Å². The van der Waals surface area contributed by atoms with Gasteiger partial charge in [-0.1, -0.05) is 18.2 Å². The molecule has 0 aliphatic rings. The van der Waals surface area contributed by atoms with Crippen LogP contribution >= 0.6 is 12.2 Å². The maximum atomic E-state index is 13.0. The zero-order valence-electron chi connectivity index (χ0n) is 9.84. The minimum Gasteiger partial charge on any atom is -0.505 e. The summed E-state index contributed by atoms with van der Waals surface area (Å²) in [4.78, 5) is 0.352. The van der Waals surface area contributed by atoms with Gasteiger partial charge in [-0.2, -0.15) is 0 Å². The predicted octanol–water partition coefficient (Wildman–Crippen LogP) is 3.86. The molecule has 2 aromatic carbocycles. The molecule has 19 heavy (non-hydrogen) atoms. The fraction of sp³-hybridized carbons (Fsp3) is 0.0714. The van der Waals surface area contributed by atoms with Crippen LogP contribution in [0, 0.1) is 10.7 Å². The molecule has 0 bridgehead atoms. The minimum absolute atomic E-state index is 0.352. The molecule has 1 N–H and O–H groups in total. The first-order chi connectivity index (χ1) is 9.15. The minimum atomic E-state index is -0.635. The number of oxazole rings is 1. The van der Waals surface area contributed by atoms with Crippen molar-refractivity contribution in [1.29, 1.82) is 0 Å². The van der Waals surface area contributed by atoms with E-state index in [1.807, 2.05) is 24.3 Å². The number of fused-ring (bicyclic) bond motifs is 1. The molecule has 0 radical (unpaired) electrons. The van der Waals surface area contributed by atoms with Crippen molar-refractivity contribution >= 4 is 23.3 Å². The van der Waals surface area contributed by atoms with Gasteiger partial charge in [0.1, 0.15) is 0 Å². The second-order valence-electron chi connectivity index (χ2n) is 4.21. The second kappa shape index (κ2) is 4.51. The summed E-state index contributed by atoms with van der Waals surface area (Å²) >= 11 is 5.17. The number of aromatic hydroxyl groups is 1. The molecular formula is C14H10FNO2S. The smallest absolute Gasteiger partial charge is 0.269 e. The summed E-state index contributed by atoms with van der Waals surface area (Å²) in [5, 5.41) is 9.38. The lowest BCUT2D eigenvalue weighted by Crippen LogP contribution is -1.99. The van der Waals surface area contributed by atoms with Crippen molar-refractivity contribution in [2.45, 2.75) is 6.54 Å². The maximum Gasteiger partial charge on any atom is 0.269 e. The van der Waals surface area contributed by atoms with E-state index in [9.17, 15) is 9.50 Å². The lowest BCUT2D eigenvalue weighted by Gasteiger charge is -2.04. The van der Waals surface area contributed by atoms with E-state index in [0.29, 0.717) is 17.0 Å². The van der Waals surface area contributed by atoms with Crippen LogP contribution in [0.3, 0.4) is 0 Å². The lowest BCUT2D eigenvalue weighted by atomic mass is 10.2. The molecule has 1 aromatic heterocycles. The first-order valence-corrected chi connectivity index (χ1v) is 6.12. The fourth-order valence-electron chi connectivity index (χ4n) is 2.00. The van der Waals surface area contributed by atoms with Crippen molar-refractivity contribution in [1.82, 2.24) is 4.57 Å². The molecule has 5 heteroatoms. The van der Waals surface area contributed by atoms with E-state index < -0.39 is 5.82 Å². The summed E-state index contributed by atoms with van der Waals surface area (Å²) in [7, 11) is 0. The molecule has 3 rings (SSSR count). The van der Waals surface area contributed by atoms with Crippen LogP contribution in [0.25, 0.3) is 11.1 Å². The number of para-hydroxylation sites is 2. The fourth-order valence-corrected chi connectivity index (χ4v) is 2.26. The third-order valence-electron chi connectivity index (χ3n) is 2.92. The van der Waals surface area contributed by atoms with Crippen LogP contribution in [-0.4, -0.2) is 9.67 Å². The summed E-state index contributed by atoms with van der Waals surface area (Å²) in [6.45, 7) is 0.420. The number of benzene rings is 2. The monoisotopic (exact) mass is 275 g/mol. The largest absolute Gasteiger partial charge is 0.505 e. The van der Waals surface area contributed by atoms with Gasteiger partial charge in [-0.15, -0.1) is 0 Å². The quantitative estimate of drug-likeness (QED) is 0.722. The Labute approximate surface area is 113 Å². The van der Waals surface area contributed by atoms with Gasteiger partial charge in [0.05, 0.1) is 12.1 Å². The van der Waals surface area contributed by atoms with Crippen LogP contribution < -0.4 is 0 Å². The molecule has 0 spiro atoms. The molecule has 0 amide bonds. The second-order valence-corrected chi connectivity index (χ2v) is 4.56. The van der Waals surface area contributed by atoms with Crippen molar-refractivity contribution in [3.8, 4) is 5.75 Å². The maximum absolute atomic E-state index is 13.0. The van der Waals surface area contributed by atoms with Gasteiger partial charge in [0.25, 0.3) is 4.84 Å². The van der Waals surface area contributed by atoms with E-state index in [1.165, 1.54) is 12.1 Å². The highest BCUT2D eigenvalue weighted by Gasteiger charge is 2.08. The predicted molar refractivity (Wildman–Crippen MR) is 72.2 cm³/mol. The van der Waals surface area contributed by atoms with E-state index in [-0.39, 0.29) is 5.75 Å². The molecule has 96 valence electrons. The molecule has 0 saturated carbocycles. The Morgan fingerprint density at radius 3 is 2.79 bits per heavy atom. The Morgan fingerprint density at radius 1 is 1.21 bits per heavy atom. The summed E-state index contributed by atoms with van der Waals surface area (Å²) in [6.07, 6.45) is 0. The first kappa shape index (κ1) is 11.9. The van der Waals surface area contributed by atoms with E-state index in [0.717, 1.165) is 11.1 Å². The number of halogens is 1. The van der Waals surface area contributed by atoms with Gasteiger partial charge < -0.3 is 9.52 Å². The van der Waals surface area contributed by atoms with Gasteiger partial charge in [0.2, 0.25) is 0 Å². The lowest BCUT2D eigenvalue weighted by molar-refractivity contribution is 0.431. The number of hydrogen-bond acceptors (Lipinski definition) is 3. The van der Waals surface area contributed by atoms with Gasteiger partial charge in [-0.25, -0.2) is 4.39 Å². The van der Waals surface area contributed by atoms with Crippen LogP contribution in [0.1, 0.15) is 5.56 Å². The summed E-state index contributed by atoms with van der Waals surface area (Å²) in [5.41, 5.74) is 2.33. The zero-order chi connectivity index (χ0) is 13.4. The average molecular weight is 275 g/mol. The number of rotatable bonds is 2. The number of phenolic OH excluding ortho intramolecular Hbond substituents is 1. The van der Waals surface area contributed by atoms with E-state index in [4.69, 9.17) is 16.6 Å². The van der Waals surface area contributed by atoms with Crippen molar-refractivity contribution in [2.75, 3.05) is 0 Å². The highest BCUT2D eigenvalue weighted by molar-refractivity contribution is 7.71. The van der Waals surface area contributed by atoms with Crippen molar-refractivity contribution in [3.63, 3.8) is 0 Å². The molecule has 0 aliphatic carbocycles. The Balaban J connectivity index is 2.08. The van der Waals surface area contributed by atoms with Crippen LogP contribution in [-0.2, 0) is 6.54 Å². The Hall–Kier alpha value is -2.14. The number of hydrogen-bond donors (Lipinski definition) is 1. The first-order valence-electron chi connectivity index (χ1n) is 5.71. The third kappa shape index (κ3) is 2.13. The summed E-state index contributed by atoms with van der Waals surface area (Å²) in [5.74, 6) is -0.999. The van der Waals surface area contributed by atoms with Gasteiger partial charge in [-0.3, -0.25) is 4.57 Å². The van der Waals surface area contributed by atoms with Crippen molar-refractivity contribution in [3.05, 3.63) is 58.7 Å². The highest BCUT2D eigenvalue weighted by Crippen LogP contribution is 2.21. The Morgan fingerprint density at radius 2 is 2.00 bits per heavy atom. The molecule has 0 fully saturated rings. The molecule has 0 aliphatic heterocycles. The Kier molecular flexibility index (Phi) is 2.83. The Bertz CT molecular complexity index is 807. The van der Waals surface area contributed by atoms with Gasteiger partial charge >= 0.3 is 0 Å². The highest BCUT2D eigenvalue weighted by atomic mass is 32.1. The van der Waals surface area contributed by atoms with Crippen LogP contribution in [0.2, 0.25) is 0 Å². The zero-order valence-corrected chi connectivity index (χ0v) is 10.7. The normalized spacial score (nSPS) is 11.0. The molecule has 3 aromatic rings. The molecule has 3 nitrogen and oxygen atoms in total. The molecule has 0 saturated heterocycles. The number of aromatic nitrogens is 1. The van der Waals surface area contributed by atoms with E-state index in [1.54, 1.807) is 10.6 Å². The van der Waals surface area contributed by atoms with Gasteiger partial charge in [-0.05, 0) is 42.0 Å². The number of phenols is 1. The number of nitrogens with zero attached hydrogens (tertiary/aromatic N) is 1. The SMILES string of the molecule is Oc1cc(Cn2c(=S)oc3ccccc32)ccc1F. The van der Waals surface area contributed by atoms with Crippen LogP contribution in [0.15, 0.2) is 46.9 Å². The molecule has 0 unspecified atom stereocenters. The van der Waals surface area contributed by atoms with Gasteiger partial charge in [0, 0.05) is 0 Å².